The van der Waals surface area contributed by atoms with Gasteiger partial charge in [-0.15, -0.1) is 0 Å². The van der Waals surface area contributed by atoms with Crippen LogP contribution in [0, 0.1) is 0 Å². The van der Waals surface area contributed by atoms with Crippen molar-refractivity contribution in [1.82, 2.24) is 4.90 Å². The number of aliphatic hydroxyl groups excluding tert-OH is 2. The lowest BCUT2D eigenvalue weighted by atomic mass is 10.1. The van der Waals surface area contributed by atoms with E-state index >= 15 is 0 Å². The standard InChI is InChI=1S/C17H28N2O2/c1-14(5-4-12-20)18-17-7-3-2-6-15(17)13-19-10-8-16(21)9-11-19/h2-3,6-7,14,16,18,20-21H,4-5,8-13H2,1H3. The van der Waals surface area contributed by atoms with Crippen LogP contribution in [0.15, 0.2) is 24.3 Å². The highest BCUT2D eigenvalue weighted by molar-refractivity contribution is 5.51. The van der Waals surface area contributed by atoms with E-state index < -0.39 is 0 Å². The molecule has 4 heteroatoms. The number of para-hydroxylation sites is 1. The Kier molecular flexibility index (Phi) is 6.49. The van der Waals surface area contributed by atoms with Crippen LogP contribution in [0.3, 0.4) is 0 Å². The second-order valence-corrected chi connectivity index (χ2v) is 6.08. The first-order valence-corrected chi connectivity index (χ1v) is 8.04. The molecule has 1 atom stereocenters. The predicted octanol–water partition coefficient (Wildman–Crippen LogP) is 2.22. The maximum absolute atomic E-state index is 9.59. The average Bonchev–Trinajstić information content (AvgIpc) is 2.49. The Balaban J connectivity index is 1.93. The molecule has 0 saturated carbocycles. The zero-order chi connectivity index (χ0) is 15.1. The summed E-state index contributed by atoms with van der Waals surface area (Å²) in [5.74, 6) is 0. The number of nitrogens with one attached hydrogen (secondary N) is 1. The van der Waals surface area contributed by atoms with Crippen molar-refractivity contribution in [2.24, 2.45) is 0 Å². The van der Waals surface area contributed by atoms with Crippen LogP contribution in [-0.2, 0) is 6.54 Å². The van der Waals surface area contributed by atoms with Crippen molar-refractivity contribution in [3.63, 3.8) is 0 Å². The molecule has 1 fully saturated rings. The normalized spacial score (nSPS) is 18.6. The second-order valence-electron chi connectivity index (χ2n) is 6.08. The number of anilines is 1. The summed E-state index contributed by atoms with van der Waals surface area (Å²) in [6.45, 7) is 5.28. The van der Waals surface area contributed by atoms with Crippen LogP contribution >= 0.6 is 0 Å². The highest BCUT2D eigenvalue weighted by Gasteiger charge is 2.18. The third-order valence-electron chi connectivity index (χ3n) is 4.17. The van der Waals surface area contributed by atoms with Gasteiger partial charge in [-0.3, -0.25) is 4.90 Å². The minimum absolute atomic E-state index is 0.117. The molecule has 0 aromatic heterocycles. The van der Waals surface area contributed by atoms with Gasteiger partial charge in [-0.2, -0.15) is 0 Å². The fourth-order valence-electron chi connectivity index (χ4n) is 2.85. The molecule has 1 heterocycles. The highest BCUT2D eigenvalue weighted by atomic mass is 16.3. The van der Waals surface area contributed by atoms with E-state index in [0.29, 0.717) is 6.04 Å². The summed E-state index contributed by atoms with van der Waals surface area (Å²) in [7, 11) is 0. The van der Waals surface area contributed by atoms with Gasteiger partial charge in [0.2, 0.25) is 0 Å². The van der Waals surface area contributed by atoms with Crippen LogP contribution in [0.5, 0.6) is 0 Å². The van der Waals surface area contributed by atoms with Crippen molar-refractivity contribution in [3.8, 4) is 0 Å². The Morgan fingerprint density at radius 2 is 2.00 bits per heavy atom. The van der Waals surface area contributed by atoms with Crippen LogP contribution < -0.4 is 5.32 Å². The van der Waals surface area contributed by atoms with Gasteiger partial charge in [-0.1, -0.05) is 18.2 Å². The molecule has 0 amide bonds. The van der Waals surface area contributed by atoms with E-state index in [1.807, 2.05) is 0 Å². The molecule has 1 aromatic carbocycles. The average molecular weight is 292 g/mol. The second kappa shape index (κ2) is 8.37. The Bertz CT molecular complexity index is 417. The molecular formula is C17H28N2O2. The van der Waals surface area contributed by atoms with E-state index in [0.717, 1.165) is 45.3 Å². The molecule has 1 aliphatic rings. The smallest absolute Gasteiger partial charge is 0.0564 e. The molecule has 118 valence electrons. The molecule has 0 spiro atoms. The van der Waals surface area contributed by atoms with Gasteiger partial charge < -0.3 is 15.5 Å². The summed E-state index contributed by atoms with van der Waals surface area (Å²) in [5, 5.41) is 22.1. The summed E-state index contributed by atoms with van der Waals surface area (Å²) in [6.07, 6.45) is 3.44. The van der Waals surface area contributed by atoms with Crippen molar-refractivity contribution in [2.75, 3.05) is 25.0 Å². The number of benzene rings is 1. The van der Waals surface area contributed by atoms with E-state index in [1.165, 1.54) is 11.3 Å². The number of likely N-dealkylation sites (tertiary alicyclic amines) is 1. The third kappa shape index (κ3) is 5.30. The third-order valence-corrected chi connectivity index (χ3v) is 4.17. The monoisotopic (exact) mass is 292 g/mol. The fraction of sp³-hybridized carbons (Fsp3) is 0.647. The molecule has 0 aliphatic carbocycles. The van der Waals surface area contributed by atoms with Crippen molar-refractivity contribution in [3.05, 3.63) is 29.8 Å². The number of aliphatic hydroxyl groups is 2. The molecule has 21 heavy (non-hydrogen) atoms. The lowest BCUT2D eigenvalue weighted by Gasteiger charge is -2.30. The largest absolute Gasteiger partial charge is 0.396 e. The molecule has 0 bridgehead atoms. The van der Waals surface area contributed by atoms with E-state index in [-0.39, 0.29) is 12.7 Å². The Labute approximate surface area is 127 Å². The Hall–Kier alpha value is -1.10. The van der Waals surface area contributed by atoms with Crippen LogP contribution in [0.1, 0.15) is 38.2 Å². The molecule has 1 saturated heterocycles. The quantitative estimate of drug-likeness (QED) is 0.721. The van der Waals surface area contributed by atoms with Gasteiger partial charge in [-0.25, -0.2) is 0 Å². The minimum atomic E-state index is -0.117. The van der Waals surface area contributed by atoms with Gasteiger partial charge in [0.15, 0.2) is 0 Å². The van der Waals surface area contributed by atoms with Crippen LogP contribution in [0.4, 0.5) is 5.69 Å². The minimum Gasteiger partial charge on any atom is -0.396 e. The summed E-state index contributed by atoms with van der Waals surface area (Å²) in [5.41, 5.74) is 2.50. The number of hydrogen-bond donors (Lipinski definition) is 3. The first-order chi connectivity index (χ1) is 10.2. The maximum Gasteiger partial charge on any atom is 0.0564 e. The van der Waals surface area contributed by atoms with E-state index in [2.05, 4.69) is 41.4 Å². The molecule has 2 rings (SSSR count). The Morgan fingerprint density at radius 1 is 1.29 bits per heavy atom. The summed E-state index contributed by atoms with van der Waals surface area (Å²) >= 11 is 0. The van der Waals surface area contributed by atoms with Gasteiger partial charge in [-0.05, 0) is 44.2 Å². The van der Waals surface area contributed by atoms with Crippen LogP contribution in [0.2, 0.25) is 0 Å². The fourth-order valence-corrected chi connectivity index (χ4v) is 2.85. The summed E-state index contributed by atoms with van der Waals surface area (Å²) in [4.78, 5) is 2.41. The number of piperidine rings is 1. The topological polar surface area (TPSA) is 55.7 Å². The molecular weight excluding hydrogens is 264 g/mol. The van der Waals surface area contributed by atoms with Crippen LogP contribution in [0.25, 0.3) is 0 Å². The number of hydrogen-bond acceptors (Lipinski definition) is 4. The van der Waals surface area contributed by atoms with Crippen molar-refractivity contribution in [2.45, 2.75) is 51.3 Å². The highest BCUT2D eigenvalue weighted by Crippen LogP contribution is 2.21. The zero-order valence-electron chi connectivity index (χ0n) is 13.0. The van der Waals surface area contributed by atoms with E-state index in [4.69, 9.17) is 5.11 Å². The lowest BCUT2D eigenvalue weighted by Crippen LogP contribution is -2.35. The number of nitrogens with zero attached hydrogens (tertiary/aromatic N) is 1. The van der Waals surface area contributed by atoms with E-state index in [1.54, 1.807) is 0 Å². The molecule has 4 nitrogen and oxygen atoms in total. The molecule has 0 radical (unpaired) electrons. The van der Waals surface area contributed by atoms with Crippen molar-refractivity contribution < 1.29 is 10.2 Å². The first kappa shape index (κ1) is 16.3. The lowest BCUT2D eigenvalue weighted by molar-refractivity contribution is 0.0793. The zero-order valence-corrected chi connectivity index (χ0v) is 13.0. The van der Waals surface area contributed by atoms with Crippen LogP contribution in [-0.4, -0.2) is 47.0 Å². The number of rotatable bonds is 7. The van der Waals surface area contributed by atoms with Gasteiger partial charge in [0, 0.05) is 38.0 Å². The van der Waals surface area contributed by atoms with Gasteiger partial charge in [0.05, 0.1) is 6.10 Å². The first-order valence-electron chi connectivity index (χ1n) is 8.04. The van der Waals surface area contributed by atoms with Gasteiger partial charge in [0.25, 0.3) is 0 Å². The molecule has 1 aromatic rings. The van der Waals surface area contributed by atoms with Crippen molar-refractivity contribution >= 4 is 5.69 Å². The maximum atomic E-state index is 9.59. The Morgan fingerprint density at radius 3 is 2.71 bits per heavy atom. The van der Waals surface area contributed by atoms with E-state index in [9.17, 15) is 5.11 Å². The van der Waals surface area contributed by atoms with Gasteiger partial charge >= 0.3 is 0 Å². The SMILES string of the molecule is CC(CCCO)Nc1ccccc1CN1CCC(O)CC1. The summed E-state index contributed by atoms with van der Waals surface area (Å²) in [6, 6.07) is 8.80. The van der Waals surface area contributed by atoms with Gasteiger partial charge in [0.1, 0.15) is 0 Å². The predicted molar refractivity (Wildman–Crippen MR) is 86.4 cm³/mol. The molecule has 1 unspecified atom stereocenters. The van der Waals surface area contributed by atoms with Crippen molar-refractivity contribution in [1.29, 1.82) is 0 Å². The molecule has 1 aliphatic heterocycles. The molecule has 3 N–H and O–H groups in total. The summed E-state index contributed by atoms with van der Waals surface area (Å²) < 4.78 is 0.